The first-order valence-electron chi connectivity index (χ1n) is 17.9. The van der Waals surface area contributed by atoms with E-state index in [2.05, 4.69) is 202 Å². The number of aromatic nitrogens is 1. The Morgan fingerprint density at radius 1 is 0.588 bits per heavy atom. The standard InChI is InChI=1S/C48H41N3/c1-32-17-19-33(20-18-32)34-21-25-37(26-22-34)51(42-16-10-12-35-11-6-7-13-39(35)42)38-27-23-36(24-28-38)45-44-46-41(31-49-45)48(4,5)40-14-8-9-15-43(40)50(46)30-29-47(44,2)3/h6-31H,1-5H3. The highest BCUT2D eigenvalue weighted by Gasteiger charge is 2.42. The molecule has 9 rings (SSSR count). The molecule has 0 saturated heterocycles. The zero-order valence-corrected chi connectivity index (χ0v) is 29.9. The van der Waals surface area contributed by atoms with Crippen molar-refractivity contribution in [2.45, 2.75) is 45.4 Å². The SMILES string of the molecule is Cc1ccc(-c2ccc(N(c3ccc(-c4ncc5c6c4C(C)(C)C=CN6c4ccccc4C5(C)C)cc3)c3cccc4ccccc34)cc2)cc1. The highest BCUT2D eigenvalue weighted by Crippen LogP contribution is 2.55. The number of para-hydroxylation sites is 1. The summed E-state index contributed by atoms with van der Waals surface area (Å²) in [4.78, 5) is 10.0. The van der Waals surface area contributed by atoms with Crippen LogP contribution in [0, 0.1) is 6.92 Å². The van der Waals surface area contributed by atoms with E-state index in [4.69, 9.17) is 4.98 Å². The average Bonchev–Trinajstić information content (AvgIpc) is 3.15. The lowest BCUT2D eigenvalue weighted by Crippen LogP contribution is -2.36. The summed E-state index contributed by atoms with van der Waals surface area (Å²) >= 11 is 0. The van der Waals surface area contributed by atoms with Crippen molar-refractivity contribution in [3.63, 3.8) is 0 Å². The van der Waals surface area contributed by atoms with Crippen molar-refractivity contribution >= 4 is 39.2 Å². The van der Waals surface area contributed by atoms with Crippen LogP contribution >= 0.6 is 0 Å². The molecular formula is C48H41N3. The Hall–Kier alpha value is -5.93. The Kier molecular flexibility index (Phi) is 7.05. The first-order valence-corrected chi connectivity index (χ1v) is 17.9. The third-order valence-electron chi connectivity index (χ3n) is 11.0. The number of hydrogen-bond acceptors (Lipinski definition) is 3. The predicted molar refractivity (Wildman–Crippen MR) is 215 cm³/mol. The second-order valence-corrected chi connectivity index (χ2v) is 15.1. The van der Waals surface area contributed by atoms with Crippen LogP contribution in [-0.4, -0.2) is 4.98 Å². The molecule has 0 atom stereocenters. The molecule has 2 aliphatic rings. The van der Waals surface area contributed by atoms with Gasteiger partial charge in [0.05, 0.1) is 17.1 Å². The minimum Gasteiger partial charge on any atom is -0.316 e. The Labute approximate surface area is 301 Å². The molecule has 3 heterocycles. The molecule has 0 aliphatic carbocycles. The maximum atomic E-state index is 5.27. The van der Waals surface area contributed by atoms with Gasteiger partial charge in [-0.2, -0.15) is 0 Å². The van der Waals surface area contributed by atoms with Crippen molar-refractivity contribution < 1.29 is 0 Å². The van der Waals surface area contributed by atoms with E-state index < -0.39 is 0 Å². The first kappa shape index (κ1) is 31.1. The first-order chi connectivity index (χ1) is 24.7. The summed E-state index contributed by atoms with van der Waals surface area (Å²) in [5, 5.41) is 2.43. The zero-order valence-electron chi connectivity index (χ0n) is 29.9. The number of pyridine rings is 1. The van der Waals surface area contributed by atoms with E-state index in [0.717, 1.165) is 28.3 Å². The number of benzene rings is 6. The van der Waals surface area contributed by atoms with Crippen molar-refractivity contribution in [1.29, 1.82) is 0 Å². The highest BCUT2D eigenvalue weighted by atomic mass is 15.2. The molecule has 0 fully saturated rings. The van der Waals surface area contributed by atoms with Gasteiger partial charge in [-0.25, -0.2) is 0 Å². The van der Waals surface area contributed by atoms with Crippen LogP contribution in [0.1, 0.15) is 49.9 Å². The van der Waals surface area contributed by atoms with Gasteiger partial charge in [0.2, 0.25) is 0 Å². The minimum absolute atomic E-state index is 0.165. The lowest BCUT2D eigenvalue weighted by molar-refractivity contribution is 0.603. The fourth-order valence-corrected chi connectivity index (χ4v) is 8.16. The molecule has 3 heteroatoms. The van der Waals surface area contributed by atoms with Crippen LogP contribution in [0.15, 0.2) is 158 Å². The lowest BCUT2D eigenvalue weighted by atomic mass is 9.69. The molecule has 0 saturated carbocycles. The summed E-state index contributed by atoms with van der Waals surface area (Å²) in [6, 6.07) is 50.7. The average molecular weight is 660 g/mol. The minimum atomic E-state index is -0.195. The molecule has 0 bridgehead atoms. The maximum Gasteiger partial charge on any atom is 0.0763 e. The molecule has 2 aliphatic heterocycles. The van der Waals surface area contributed by atoms with Gasteiger partial charge in [0.15, 0.2) is 0 Å². The monoisotopic (exact) mass is 659 g/mol. The summed E-state index contributed by atoms with van der Waals surface area (Å²) in [6.07, 6.45) is 6.72. The second kappa shape index (κ2) is 11.6. The zero-order chi connectivity index (χ0) is 34.9. The number of aryl methyl sites for hydroxylation is 1. The smallest absolute Gasteiger partial charge is 0.0763 e. The van der Waals surface area contributed by atoms with Crippen LogP contribution < -0.4 is 9.80 Å². The van der Waals surface area contributed by atoms with E-state index in [1.54, 1.807) is 0 Å². The van der Waals surface area contributed by atoms with E-state index in [0.29, 0.717) is 0 Å². The van der Waals surface area contributed by atoms with Gasteiger partial charge in [0.25, 0.3) is 0 Å². The Bertz CT molecular complexity index is 2460. The maximum absolute atomic E-state index is 5.27. The fraction of sp³-hybridized carbons (Fsp3) is 0.146. The molecular weight excluding hydrogens is 619 g/mol. The normalized spacial score (nSPS) is 15.0. The van der Waals surface area contributed by atoms with Crippen LogP contribution in [0.4, 0.5) is 28.4 Å². The molecule has 0 unspecified atom stereocenters. The van der Waals surface area contributed by atoms with E-state index in [1.807, 2.05) is 0 Å². The van der Waals surface area contributed by atoms with Gasteiger partial charge in [-0.15, -0.1) is 0 Å². The van der Waals surface area contributed by atoms with Gasteiger partial charge in [0, 0.05) is 62.4 Å². The van der Waals surface area contributed by atoms with Gasteiger partial charge in [-0.3, -0.25) is 4.98 Å². The van der Waals surface area contributed by atoms with Crippen LogP contribution in [-0.2, 0) is 10.8 Å². The van der Waals surface area contributed by atoms with E-state index in [-0.39, 0.29) is 10.8 Å². The van der Waals surface area contributed by atoms with Crippen LogP contribution in [0.3, 0.4) is 0 Å². The van der Waals surface area contributed by atoms with Gasteiger partial charge in [-0.05, 0) is 65.4 Å². The molecule has 1 aromatic heterocycles. The van der Waals surface area contributed by atoms with Crippen molar-refractivity contribution in [3.8, 4) is 22.4 Å². The van der Waals surface area contributed by atoms with Gasteiger partial charge >= 0.3 is 0 Å². The lowest BCUT2D eigenvalue weighted by Gasteiger charge is -2.46. The Morgan fingerprint density at radius 2 is 1.20 bits per heavy atom. The molecule has 0 N–H and O–H groups in total. The van der Waals surface area contributed by atoms with Gasteiger partial charge in [0.1, 0.15) is 0 Å². The molecule has 0 spiro atoms. The molecule has 51 heavy (non-hydrogen) atoms. The van der Waals surface area contributed by atoms with E-state index in [1.165, 1.54) is 55.5 Å². The number of anilines is 5. The molecule has 0 amide bonds. The number of fused-ring (bicyclic) bond motifs is 3. The van der Waals surface area contributed by atoms with Crippen molar-refractivity contribution in [3.05, 3.63) is 180 Å². The largest absolute Gasteiger partial charge is 0.316 e. The molecule has 3 nitrogen and oxygen atoms in total. The van der Waals surface area contributed by atoms with Gasteiger partial charge in [-0.1, -0.05) is 142 Å². The number of allylic oxidation sites excluding steroid dienone is 1. The second-order valence-electron chi connectivity index (χ2n) is 15.1. The van der Waals surface area contributed by atoms with Crippen LogP contribution in [0.25, 0.3) is 33.2 Å². The summed E-state index contributed by atoms with van der Waals surface area (Å²) in [6.45, 7) is 11.4. The number of rotatable bonds is 5. The summed E-state index contributed by atoms with van der Waals surface area (Å²) < 4.78 is 0. The Balaban J connectivity index is 1.17. The van der Waals surface area contributed by atoms with Gasteiger partial charge < -0.3 is 9.80 Å². The highest BCUT2D eigenvalue weighted by molar-refractivity contribution is 5.99. The Morgan fingerprint density at radius 3 is 1.92 bits per heavy atom. The predicted octanol–water partition coefficient (Wildman–Crippen LogP) is 12.9. The summed E-state index contributed by atoms with van der Waals surface area (Å²) in [5.41, 5.74) is 15.2. The molecule has 248 valence electrons. The van der Waals surface area contributed by atoms with Crippen LogP contribution in [0.5, 0.6) is 0 Å². The topological polar surface area (TPSA) is 19.4 Å². The van der Waals surface area contributed by atoms with Crippen LogP contribution in [0.2, 0.25) is 0 Å². The molecule has 7 aromatic rings. The number of hydrogen-bond donors (Lipinski definition) is 0. The van der Waals surface area contributed by atoms with Crippen molar-refractivity contribution in [1.82, 2.24) is 4.98 Å². The summed E-state index contributed by atoms with van der Waals surface area (Å²) in [7, 11) is 0. The third-order valence-corrected chi connectivity index (χ3v) is 11.0. The number of nitrogens with zero attached hydrogens (tertiary/aromatic N) is 3. The van der Waals surface area contributed by atoms with E-state index >= 15 is 0 Å². The van der Waals surface area contributed by atoms with Crippen molar-refractivity contribution in [2.75, 3.05) is 9.80 Å². The quantitative estimate of drug-likeness (QED) is 0.183. The fourth-order valence-electron chi connectivity index (χ4n) is 8.16. The van der Waals surface area contributed by atoms with E-state index in [9.17, 15) is 0 Å². The summed E-state index contributed by atoms with van der Waals surface area (Å²) in [5.74, 6) is 0. The third kappa shape index (κ3) is 4.99. The molecule has 0 radical (unpaired) electrons. The molecule has 6 aromatic carbocycles. The van der Waals surface area contributed by atoms with Crippen molar-refractivity contribution in [2.24, 2.45) is 0 Å².